The maximum absolute atomic E-state index is 14.7. The second-order valence-corrected chi connectivity index (χ2v) is 10.0. The molecule has 33 heavy (non-hydrogen) atoms. The summed E-state index contributed by atoms with van der Waals surface area (Å²) < 4.78 is 45.0. The van der Waals surface area contributed by atoms with Crippen LogP contribution in [-0.4, -0.2) is 35.9 Å². The lowest BCUT2D eigenvalue weighted by molar-refractivity contribution is 0.559. The summed E-state index contributed by atoms with van der Waals surface area (Å²) in [6.07, 6.45) is 3.04. The van der Waals surface area contributed by atoms with E-state index in [1.807, 2.05) is 18.4 Å². The lowest BCUT2D eigenvalue weighted by atomic mass is 10.1. The molecule has 0 aliphatic heterocycles. The molecule has 3 aromatic rings. The number of nitrogens with zero attached hydrogens (tertiary/aromatic N) is 4. The molecule has 1 aromatic heterocycles. The first-order valence-electron chi connectivity index (χ1n) is 10.7. The number of sulfonamides is 1. The van der Waals surface area contributed by atoms with Gasteiger partial charge in [-0.2, -0.15) is 0 Å². The molecule has 0 aliphatic rings. The lowest BCUT2D eigenvalue weighted by Gasteiger charge is -2.27. The van der Waals surface area contributed by atoms with Crippen molar-refractivity contribution in [2.24, 2.45) is 0 Å². The Bertz CT molecular complexity index is 1230. The summed E-state index contributed by atoms with van der Waals surface area (Å²) in [7, 11) is -3.99. The normalized spacial score (nSPS) is 12.5. The van der Waals surface area contributed by atoms with Crippen LogP contribution in [0, 0.1) is 18.2 Å². The van der Waals surface area contributed by atoms with Gasteiger partial charge < -0.3 is 9.98 Å². The summed E-state index contributed by atoms with van der Waals surface area (Å²) in [5.41, 5.74) is 0.499. The highest BCUT2D eigenvalue weighted by Gasteiger charge is 2.30. The molecular weight excluding hydrogens is 465 g/mol. The van der Waals surface area contributed by atoms with Gasteiger partial charge in [0.05, 0.1) is 15.6 Å². The zero-order chi connectivity index (χ0) is 24.2. The van der Waals surface area contributed by atoms with Crippen LogP contribution in [0.1, 0.15) is 45.0 Å². The standard InChI is InChI=1S/C23H27ClFN5O2S/c1-4-5-13-29(33(31,32)18-9-7-6-8-10-18)22-15-21(25)20(24)14-19(22)23-28-27-17(3)30(23)16(2)11-12-26/h6-10,12,14-16,26H,4-5,11,13H2,1-3H3. The maximum atomic E-state index is 14.7. The van der Waals surface area contributed by atoms with E-state index >= 15 is 0 Å². The van der Waals surface area contributed by atoms with Crippen LogP contribution in [0.15, 0.2) is 47.4 Å². The van der Waals surface area contributed by atoms with E-state index in [9.17, 15) is 12.8 Å². The molecule has 1 unspecified atom stereocenters. The number of hydrogen-bond donors (Lipinski definition) is 1. The van der Waals surface area contributed by atoms with Gasteiger partial charge in [-0.05, 0) is 44.7 Å². The molecule has 0 radical (unpaired) electrons. The number of unbranched alkanes of at least 4 members (excludes halogenated alkanes) is 1. The predicted octanol–water partition coefficient (Wildman–Crippen LogP) is 5.64. The van der Waals surface area contributed by atoms with Crippen molar-refractivity contribution in [3.63, 3.8) is 0 Å². The van der Waals surface area contributed by atoms with Crippen molar-refractivity contribution in [3.8, 4) is 11.4 Å². The van der Waals surface area contributed by atoms with Crippen LogP contribution in [0.4, 0.5) is 10.1 Å². The topological polar surface area (TPSA) is 91.9 Å². The average molecular weight is 492 g/mol. The van der Waals surface area contributed by atoms with Crippen LogP contribution in [0.5, 0.6) is 0 Å². The van der Waals surface area contributed by atoms with Gasteiger partial charge in [0.2, 0.25) is 0 Å². The van der Waals surface area contributed by atoms with Gasteiger partial charge in [-0.25, -0.2) is 12.8 Å². The molecule has 0 saturated carbocycles. The Balaban J connectivity index is 2.28. The summed E-state index contributed by atoms with van der Waals surface area (Å²) in [6, 6.07) is 10.4. The summed E-state index contributed by atoms with van der Waals surface area (Å²) in [5.74, 6) is 0.232. The third kappa shape index (κ3) is 5.09. The fourth-order valence-electron chi connectivity index (χ4n) is 3.67. The number of rotatable bonds is 10. The summed E-state index contributed by atoms with van der Waals surface area (Å²) in [5, 5.41) is 15.8. The van der Waals surface area contributed by atoms with Gasteiger partial charge in [0, 0.05) is 30.6 Å². The quantitative estimate of drug-likeness (QED) is 0.371. The monoisotopic (exact) mass is 491 g/mol. The SMILES string of the molecule is CCCCN(c1cc(F)c(Cl)cc1-c1nnc(C)n1C(C)CC=N)S(=O)(=O)c1ccccc1. The van der Waals surface area contributed by atoms with E-state index in [2.05, 4.69) is 10.2 Å². The Labute approximate surface area is 198 Å². The highest BCUT2D eigenvalue weighted by molar-refractivity contribution is 7.92. The highest BCUT2D eigenvalue weighted by Crippen LogP contribution is 2.38. The van der Waals surface area contributed by atoms with Gasteiger partial charge in [0.15, 0.2) is 5.82 Å². The second-order valence-electron chi connectivity index (χ2n) is 7.76. The number of benzene rings is 2. The first-order valence-corrected chi connectivity index (χ1v) is 12.5. The van der Waals surface area contributed by atoms with E-state index in [1.165, 1.54) is 28.7 Å². The van der Waals surface area contributed by atoms with Crippen LogP contribution in [0.25, 0.3) is 11.4 Å². The lowest BCUT2D eigenvalue weighted by Crippen LogP contribution is -2.32. The van der Waals surface area contributed by atoms with E-state index in [1.54, 1.807) is 25.1 Å². The van der Waals surface area contributed by atoms with Crippen molar-refractivity contribution in [2.45, 2.75) is 51.0 Å². The van der Waals surface area contributed by atoms with E-state index in [-0.39, 0.29) is 28.2 Å². The highest BCUT2D eigenvalue weighted by atomic mass is 35.5. The zero-order valence-corrected chi connectivity index (χ0v) is 20.4. The fraction of sp³-hybridized carbons (Fsp3) is 0.348. The second kappa shape index (κ2) is 10.4. The van der Waals surface area contributed by atoms with Gasteiger partial charge >= 0.3 is 0 Å². The number of aromatic nitrogens is 3. The molecule has 0 saturated heterocycles. The Kier molecular flexibility index (Phi) is 7.86. The molecule has 0 fully saturated rings. The van der Waals surface area contributed by atoms with Gasteiger partial charge in [0.25, 0.3) is 10.0 Å². The zero-order valence-electron chi connectivity index (χ0n) is 18.8. The van der Waals surface area contributed by atoms with Crippen LogP contribution >= 0.6 is 11.6 Å². The largest absolute Gasteiger partial charge is 0.313 e. The molecule has 1 heterocycles. The molecule has 7 nitrogen and oxygen atoms in total. The van der Waals surface area contributed by atoms with E-state index in [0.29, 0.717) is 30.1 Å². The Morgan fingerprint density at radius 3 is 2.58 bits per heavy atom. The fourth-order valence-corrected chi connectivity index (χ4v) is 5.37. The average Bonchev–Trinajstić information content (AvgIpc) is 3.18. The number of anilines is 1. The first kappa shape index (κ1) is 24.9. The third-order valence-corrected chi connectivity index (χ3v) is 7.48. The predicted molar refractivity (Wildman–Crippen MR) is 129 cm³/mol. The van der Waals surface area contributed by atoms with Crippen molar-refractivity contribution in [1.29, 1.82) is 5.41 Å². The van der Waals surface area contributed by atoms with Crippen molar-refractivity contribution in [3.05, 3.63) is 59.1 Å². The summed E-state index contributed by atoms with van der Waals surface area (Å²) >= 11 is 6.14. The molecule has 10 heteroatoms. The molecule has 176 valence electrons. The molecule has 2 aromatic carbocycles. The van der Waals surface area contributed by atoms with Crippen LogP contribution in [-0.2, 0) is 10.0 Å². The first-order chi connectivity index (χ1) is 15.7. The van der Waals surface area contributed by atoms with Crippen molar-refractivity contribution in [2.75, 3.05) is 10.8 Å². The van der Waals surface area contributed by atoms with E-state index in [4.69, 9.17) is 17.0 Å². The number of halogens is 2. The van der Waals surface area contributed by atoms with Crippen LogP contribution < -0.4 is 4.31 Å². The molecule has 1 atom stereocenters. The number of nitrogens with one attached hydrogen (secondary N) is 1. The Morgan fingerprint density at radius 1 is 1.24 bits per heavy atom. The van der Waals surface area contributed by atoms with Crippen LogP contribution in [0.2, 0.25) is 5.02 Å². The van der Waals surface area contributed by atoms with Crippen molar-refractivity contribution < 1.29 is 12.8 Å². The molecule has 0 spiro atoms. The van der Waals surface area contributed by atoms with Gasteiger partial charge in [0.1, 0.15) is 11.6 Å². The molecule has 0 amide bonds. The minimum atomic E-state index is -3.99. The minimum Gasteiger partial charge on any atom is -0.313 e. The summed E-state index contributed by atoms with van der Waals surface area (Å²) in [6.45, 7) is 5.79. The van der Waals surface area contributed by atoms with Crippen molar-refractivity contribution in [1.82, 2.24) is 14.8 Å². The molecule has 0 bridgehead atoms. The van der Waals surface area contributed by atoms with Gasteiger partial charge in [-0.15, -0.1) is 10.2 Å². The van der Waals surface area contributed by atoms with Gasteiger partial charge in [-0.1, -0.05) is 43.1 Å². The molecule has 3 rings (SSSR count). The van der Waals surface area contributed by atoms with Crippen LogP contribution in [0.3, 0.4) is 0 Å². The number of hydrogen-bond acceptors (Lipinski definition) is 5. The van der Waals surface area contributed by atoms with E-state index < -0.39 is 15.8 Å². The molecule has 0 aliphatic carbocycles. The Hall–Kier alpha value is -2.78. The van der Waals surface area contributed by atoms with E-state index in [0.717, 1.165) is 12.5 Å². The number of aryl methyl sites for hydroxylation is 1. The smallest absolute Gasteiger partial charge is 0.264 e. The third-order valence-electron chi connectivity index (χ3n) is 5.36. The maximum Gasteiger partial charge on any atom is 0.264 e. The molecule has 1 N–H and O–H groups in total. The Morgan fingerprint density at radius 2 is 1.94 bits per heavy atom. The van der Waals surface area contributed by atoms with Gasteiger partial charge in [-0.3, -0.25) is 4.31 Å². The van der Waals surface area contributed by atoms with Crippen molar-refractivity contribution >= 4 is 33.5 Å². The molecular formula is C23H27ClFN5O2S. The summed E-state index contributed by atoms with van der Waals surface area (Å²) in [4.78, 5) is 0.109. The minimum absolute atomic E-state index is 0.109.